The first-order chi connectivity index (χ1) is 13.0. The third-order valence-electron chi connectivity index (χ3n) is 4.76. The molecule has 162 valence electrons. The number of rotatable bonds is 21. The molecule has 0 fully saturated rings. The highest BCUT2D eigenvalue weighted by molar-refractivity contribution is 7.74. The molecule has 6 heteroatoms. The van der Waals surface area contributed by atoms with Crippen molar-refractivity contribution >= 4 is 13.1 Å². The Hall–Kier alpha value is -0.380. The Labute approximate surface area is 167 Å². The third kappa shape index (κ3) is 18.7. The van der Waals surface area contributed by atoms with Crippen LogP contribution in [0.2, 0.25) is 0 Å². The van der Waals surface area contributed by atoms with Crippen LogP contribution in [0.15, 0.2) is 0 Å². The highest BCUT2D eigenvalue weighted by Crippen LogP contribution is 2.42. The molecule has 0 spiro atoms. The van der Waals surface area contributed by atoms with Gasteiger partial charge in [-0.15, -0.1) is 0 Å². The smallest absolute Gasteiger partial charge is 0.388 e. The molecule has 0 aliphatic heterocycles. The molecular weight excluding hydrogens is 363 g/mol. The average Bonchev–Trinajstić information content (AvgIpc) is 2.63. The molecule has 0 aliphatic rings. The molecule has 0 aliphatic carbocycles. The van der Waals surface area contributed by atoms with Gasteiger partial charge < -0.3 is 14.4 Å². The van der Waals surface area contributed by atoms with Crippen LogP contribution in [0.3, 0.4) is 0 Å². The lowest BCUT2D eigenvalue weighted by Crippen LogP contribution is -2.04. The van der Waals surface area contributed by atoms with E-state index >= 15 is 0 Å². The maximum absolute atomic E-state index is 11.4. The Morgan fingerprint density at radius 2 is 1.11 bits per heavy atom. The molecule has 0 bridgehead atoms. The summed E-state index contributed by atoms with van der Waals surface area (Å²) >= 11 is 0. The molecule has 0 heterocycles. The highest BCUT2D eigenvalue weighted by atomic mass is 31.2. The number of hydrogen-bond donors (Lipinski definition) is 1. The molecule has 0 amide bonds. The standard InChI is InChI=1S/C21H43O5P/c1-3-4-5-6-7-8-9-10-11-12-13-14-15-16-18-25-19-17-20-26-27(2,24)21(22)23/h3-20H2,1-2H3,(H,22,23). The molecule has 1 unspecified atom stereocenters. The van der Waals surface area contributed by atoms with Gasteiger partial charge in [-0.3, -0.25) is 4.57 Å². The Bertz CT molecular complexity index is 387. The van der Waals surface area contributed by atoms with E-state index in [1.807, 2.05) is 0 Å². The van der Waals surface area contributed by atoms with Crippen LogP contribution >= 0.6 is 7.37 Å². The van der Waals surface area contributed by atoms with E-state index in [4.69, 9.17) is 14.4 Å². The molecule has 0 aromatic carbocycles. The van der Waals surface area contributed by atoms with Gasteiger partial charge in [0.05, 0.1) is 6.61 Å². The summed E-state index contributed by atoms with van der Waals surface area (Å²) in [5.41, 5.74) is -1.37. The van der Waals surface area contributed by atoms with Crippen molar-refractivity contribution in [2.45, 2.75) is 103 Å². The molecule has 5 nitrogen and oxygen atoms in total. The summed E-state index contributed by atoms with van der Waals surface area (Å²) in [4.78, 5) is 10.6. The second-order valence-corrected chi connectivity index (χ2v) is 9.86. The molecule has 1 atom stereocenters. The van der Waals surface area contributed by atoms with E-state index in [0.717, 1.165) is 19.7 Å². The highest BCUT2D eigenvalue weighted by Gasteiger charge is 2.25. The van der Waals surface area contributed by atoms with E-state index in [1.54, 1.807) is 0 Å². The summed E-state index contributed by atoms with van der Waals surface area (Å²) < 4.78 is 21.8. The Morgan fingerprint density at radius 1 is 0.704 bits per heavy atom. The summed E-state index contributed by atoms with van der Waals surface area (Å²) in [7, 11) is -3.50. The predicted molar refractivity (Wildman–Crippen MR) is 113 cm³/mol. The number of carbonyl (C=O) groups is 1. The Balaban J connectivity index is 3.13. The van der Waals surface area contributed by atoms with Crippen molar-refractivity contribution < 1.29 is 23.7 Å². The summed E-state index contributed by atoms with van der Waals surface area (Å²) in [5, 5.41) is 8.67. The van der Waals surface area contributed by atoms with E-state index in [0.29, 0.717) is 13.0 Å². The zero-order chi connectivity index (χ0) is 20.2. The normalized spacial score (nSPS) is 13.6. The van der Waals surface area contributed by atoms with Gasteiger partial charge in [-0.25, -0.2) is 4.79 Å². The van der Waals surface area contributed by atoms with Gasteiger partial charge in [-0.2, -0.15) is 0 Å². The van der Waals surface area contributed by atoms with Gasteiger partial charge in [-0.1, -0.05) is 90.4 Å². The topological polar surface area (TPSA) is 72.8 Å². The number of ether oxygens (including phenoxy) is 1. The second kappa shape index (κ2) is 19.0. The summed E-state index contributed by atoms with van der Waals surface area (Å²) in [5.74, 6) is 0. The zero-order valence-corrected chi connectivity index (χ0v) is 18.6. The fourth-order valence-electron chi connectivity index (χ4n) is 2.96. The van der Waals surface area contributed by atoms with Gasteiger partial charge in [0.25, 0.3) is 0 Å². The van der Waals surface area contributed by atoms with E-state index in [2.05, 4.69) is 6.92 Å². The van der Waals surface area contributed by atoms with Crippen molar-refractivity contribution in [3.05, 3.63) is 0 Å². The summed E-state index contributed by atoms with van der Waals surface area (Å²) in [6.07, 6.45) is 19.4. The van der Waals surface area contributed by atoms with Crippen LogP contribution in [0.1, 0.15) is 103 Å². The third-order valence-corrected chi connectivity index (χ3v) is 6.13. The van der Waals surface area contributed by atoms with E-state index in [9.17, 15) is 9.36 Å². The average molecular weight is 407 g/mol. The summed E-state index contributed by atoms with van der Waals surface area (Å²) in [6, 6.07) is 0. The summed E-state index contributed by atoms with van der Waals surface area (Å²) in [6.45, 7) is 4.82. The van der Waals surface area contributed by atoms with Crippen LogP contribution < -0.4 is 0 Å². The van der Waals surface area contributed by atoms with E-state index in [-0.39, 0.29) is 6.61 Å². The van der Waals surface area contributed by atoms with Gasteiger partial charge >= 0.3 is 13.1 Å². The molecule has 0 aromatic heterocycles. The molecule has 0 aromatic rings. The first kappa shape index (κ1) is 26.6. The van der Waals surface area contributed by atoms with Crippen LogP contribution in [-0.4, -0.2) is 37.3 Å². The lowest BCUT2D eigenvalue weighted by atomic mass is 10.0. The number of carboxylic acid groups (broad SMARTS) is 1. The first-order valence-corrected chi connectivity index (χ1v) is 13.1. The lowest BCUT2D eigenvalue weighted by molar-refractivity contribution is 0.116. The van der Waals surface area contributed by atoms with Crippen LogP contribution in [0.5, 0.6) is 0 Å². The maximum Gasteiger partial charge on any atom is 0.388 e. The SMILES string of the molecule is CCCCCCCCCCCCCCCCOCCCOP(C)(=O)C(=O)O. The minimum absolute atomic E-state index is 0.165. The van der Waals surface area contributed by atoms with Crippen molar-refractivity contribution in [1.82, 2.24) is 0 Å². The van der Waals surface area contributed by atoms with Crippen molar-refractivity contribution in [3.63, 3.8) is 0 Å². The van der Waals surface area contributed by atoms with Crippen LogP contribution in [0, 0.1) is 0 Å². The Morgan fingerprint density at radius 3 is 1.56 bits per heavy atom. The van der Waals surface area contributed by atoms with Gasteiger partial charge in [0.2, 0.25) is 0 Å². The zero-order valence-electron chi connectivity index (χ0n) is 17.8. The van der Waals surface area contributed by atoms with Gasteiger partial charge in [0.15, 0.2) is 0 Å². The van der Waals surface area contributed by atoms with Crippen molar-refractivity contribution in [2.75, 3.05) is 26.5 Å². The van der Waals surface area contributed by atoms with Crippen LogP contribution in [0.25, 0.3) is 0 Å². The molecule has 0 saturated carbocycles. The van der Waals surface area contributed by atoms with Crippen LogP contribution in [0.4, 0.5) is 4.79 Å². The van der Waals surface area contributed by atoms with Gasteiger partial charge in [-0.05, 0) is 12.8 Å². The Kier molecular flexibility index (Phi) is 18.7. The fraction of sp³-hybridized carbons (Fsp3) is 0.952. The number of unbranched alkanes of at least 4 members (excludes halogenated alkanes) is 13. The van der Waals surface area contributed by atoms with Crippen LogP contribution in [-0.2, 0) is 13.8 Å². The lowest BCUT2D eigenvalue weighted by Gasteiger charge is -2.09. The van der Waals surface area contributed by atoms with E-state index < -0.39 is 13.1 Å². The maximum atomic E-state index is 11.4. The molecule has 27 heavy (non-hydrogen) atoms. The van der Waals surface area contributed by atoms with E-state index in [1.165, 1.54) is 83.5 Å². The fourth-order valence-corrected chi connectivity index (χ4v) is 3.54. The predicted octanol–water partition coefficient (Wildman–Crippen LogP) is 7.48. The molecule has 0 rings (SSSR count). The first-order valence-electron chi connectivity index (χ1n) is 11.0. The van der Waals surface area contributed by atoms with Gasteiger partial charge in [0.1, 0.15) is 0 Å². The van der Waals surface area contributed by atoms with Gasteiger partial charge in [0, 0.05) is 19.9 Å². The molecular formula is C21H43O5P. The molecule has 0 radical (unpaired) electrons. The molecule has 0 saturated heterocycles. The largest absolute Gasteiger partial charge is 0.474 e. The van der Waals surface area contributed by atoms with Crippen molar-refractivity contribution in [3.8, 4) is 0 Å². The monoisotopic (exact) mass is 406 g/mol. The van der Waals surface area contributed by atoms with Crippen molar-refractivity contribution in [2.24, 2.45) is 0 Å². The molecule has 1 N–H and O–H groups in total. The van der Waals surface area contributed by atoms with Crippen molar-refractivity contribution in [1.29, 1.82) is 0 Å². The second-order valence-electron chi connectivity index (χ2n) is 7.52. The minimum Gasteiger partial charge on any atom is -0.474 e. The minimum atomic E-state index is -3.50. The number of hydrogen-bond acceptors (Lipinski definition) is 4. The quantitative estimate of drug-likeness (QED) is 0.158.